The highest BCUT2D eigenvalue weighted by molar-refractivity contribution is 9.10. The highest BCUT2D eigenvalue weighted by Crippen LogP contribution is 2.35. The van der Waals surface area contributed by atoms with Gasteiger partial charge in [0.1, 0.15) is 0 Å². The summed E-state index contributed by atoms with van der Waals surface area (Å²) in [6, 6.07) is 10.6. The van der Waals surface area contributed by atoms with Crippen LogP contribution in [-0.2, 0) is 12.7 Å². The van der Waals surface area contributed by atoms with Gasteiger partial charge in [0.25, 0.3) is 0 Å². The van der Waals surface area contributed by atoms with Crippen molar-refractivity contribution in [2.45, 2.75) is 12.7 Å². The summed E-state index contributed by atoms with van der Waals surface area (Å²) >= 11 is 9.15. The normalized spacial score (nSPS) is 11.4. The van der Waals surface area contributed by atoms with Crippen molar-refractivity contribution >= 4 is 33.2 Å². The van der Waals surface area contributed by atoms with Gasteiger partial charge in [-0.3, -0.25) is 0 Å². The lowest BCUT2D eigenvalue weighted by molar-refractivity contribution is -0.136. The number of para-hydroxylation sites is 1. The molecule has 6 heteroatoms. The minimum Gasteiger partial charge on any atom is -0.380 e. The van der Waals surface area contributed by atoms with Crippen LogP contribution in [0.4, 0.5) is 18.9 Å². The predicted molar refractivity (Wildman–Crippen MR) is 77.9 cm³/mol. The average Bonchev–Trinajstić information content (AvgIpc) is 2.37. The largest absolute Gasteiger partial charge is 0.418 e. The molecule has 0 aliphatic heterocycles. The van der Waals surface area contributed by atoms with E-state index in [4.69, 9.17) is 11.6 Å². The van der Waals surface area contributed by atoms with Crippen LogP contribution >= 0.6 is 27.5 Å². The fraction of sp³-hybridized carbons (Fsp3) is 0.143. The number of rotatable bonds is 3. The number of hydrogen-bond acceptors (Lipinski definition) is 1. The Bertz CT molecular complexity index is 614. The van der Waals surface area contributed by atoms with E-state index in [2.05, 4.69) is 21.2 Å². The van der Waals surface area contributed by atoms with Gasteiger partial charge in [-0.25, -0.2) is 0 Å². The molecule has 0 aromatic heterocycles. The zero-order chi connectivity index (χ0) is 14.8. The van der Waals surface area contributed by atoms with Gasteiger partial charge < -0.3 is 5.32 Å². The molecular weight excluding hydrogens is 355 g/mol. The summed E-state index contributed by atoms with van der Waals surface area (Å²) in [7, 11) is 0. The van der Waals surface area contributed by atoms with Gasteiger partial charge in [0.15, 0.2) is 0 Å². The lowest BCUT2D eigenvalue weighted by atomic mass is 10.1. The van der Waals surface area contributed by atoms with Crippen LogP contribution in [0.25, 0.3) is 0 Å². The van der Waals surface area contributed by atoms with E-state index in [-0.39, 0.29) is 12.2 Å². The maximum absolute atomic E-state index is 12.8. The Morgan fingerprint density at radius 2 is 1.80 bits per heavy atom. The topological polar surface area (TPSA) is 12.0 Å². The van der Waals surface area contributed by atoms with Crippen LogP contribution in [0.5, 0.6) is 0 Å². The van der Waals surface area contributed by atoms with E-state index in [1.165, 1.54) is 12.1 Å². The van der Waals surface area contributed by atoms with Gasteiger partial charge in [0, 0.05) is 21.7 Å². The van der Waals surface area contributed by atoms with Gasteiger partial charge in [-0.1, -0.05) is 45.7 Å². The van der Waals surface area contributed by atoms with Crippen molar-refractivity contribution in [3.63, 3.8) is 0 Å². The molecule has 0 spiro atoms. The summed E-state index contributed by atoms with van der Waals surface area (Å²) < 4.78 is 39.3. The Labute approximate surface area is 127 Å². The lowest BCUT2D eigenvalue weighted by Crippen LogP contribution is -2.10. The molecule has 0 unspecified atom stereocenters. The second-order valence-electron chi connectivity index (χ2n) is 4.13. The van der Waals surface area contributed by atoms with E-state index in [9.17, 15) is 13.2 Å². The van der Waals surface area contributed by atoms with E-state index in [0.717, 1.165) is 16.1 Å². The fourth-order valence-corrected chi connectivity index (χ4v) is 2.56. The van der Waals surface area contributed by atoms with Crippen molar-refractivity contribution in [2.75, 3.05) is 5.32 Å². The molecule has 20 heavy (non-hydrogen) atoms. The molecule has 0 saturated heterocycles. The van der Waals surface area contributed by atoms with Crippen molar-refractivity contribution in [1.29, 1.82) is 0 Å². The molecule has 0 aliphatic carbocycles. The molecular formula is C14H10BrClF3N. The van der Waals surface area contributed by atoms with E-state index >= 15 is 0 Å². The SMILES string of the molecule is FC(F)(F)c1ccccc1NCc1ccc(Cl)cc1Br. The maximum atomic E-state index is 12.8. The van der Waals surface area contributed by atoms with Gasteiger partial charge in [-0.2, -0.15) is 13.2 Å². The first-order valence-electron chi connectivity index (χ1n) is 5.72. The first-order chi connectivity index (χ1) is 9.38. The first-order valence-corrected chi connectivity index (χ1v) is 6.89. The van der Waals surface area contributed by atoms with Crippen molar-refractivity contribution < 1.29 is 13.2 Å². The van der Waals surface area contributed by atoms with Crippen molar-refractivity contribution in [1.82, 2.24) is 0 Å². The van der Waals surface area contributed by atoms with Crippen molar-refractivity contribution in [2.24, 2.45) is 0 Å². The summed E-state index contributed by atoms with van der Waals surface area (Å²) in [5.41, 5.74) is 0.207. The molecule has 0 amide bonds. The minimum atomic E-state index is -4.37. The third kappa shape index (κ3) is 3.67. The standard InChI is InChI=1S/C14H10BrClF3N/c15-12-7-10(16)6-5-9(12)8-20-13-4-2-1-3-11(13)14(17,18)19/h1-7,20H,8H2. The van der Waals surface area contributed by atoms with Crippen LogP contribution in [0.2, 0.25) is 5.02 Å². The number of halogens is 5. The van der Waals surface area contributed by atoms with E-state index in [1.807, 2.05) is 0 Å². The van der Waals surface area contributed by atoms with E-state index in [0.29, 0.717) is 5.02 Å². The molecule has 1 N–H and O–H groups in total. The molecule has 0 bridgehead atoms. The number of benzene rings is 2. The Balaban J connectivity index is 2.19. The Hall–Kier alpha value is -1.20. The molecule has 2 aromatic carbocycles. The number of hydrogen-bond donors (Lipinski definition) is 1. The summed E-state index contributed by atoms with van der Waals surface area (Å²) in [5, 5.41) is 3.37. The summed E-state index contributed by atoms with van der Waals surface area (Å²) in [6.45, 7) is 0.269. The van der Waals surface area contributed by atoms with Gasteiger partial charge in [0.2, 0.25) is 0 Å². The lowest BCUT2D eigenvalue weighted by Gasteiger charge is -2.15. The number of anilines is 1. The van der Waals surface area contributed by atoms with Crippen LogP contribution < -0.4 is 5.32 Å². The van der Waals surface area contributed by atoms with Crippen LogP contribution in [0.1, 0.15) is 11.1 Å². The molecule has 0 fully saturated rings. The Morgan fingerprint density at radius 1 is 1.10 bits per heavy atom. The van der Waals surface area contributed by atoms with Crippen LogP contribution in [-0.4, -0.2) is 0 Å². The molecule has 106 valence electrons. The Kier molecular flexibility index (Phi) is 4.60. The van der Waals surface area contributed by atoms with E-state index in [1.54, 1.807) is 24.3 Å². The second-order valence-corrected chi connectivity index (χ2v) is 5.42. The quantitative estimate of drug-likeness (QED) is 0.733. The third-order valence-electron chi connectivity index (χ3n) is 2.72. The zero-order valence-electron chi connectivity index (χ0n) is 10.1. The van der Waals surface area contributed by atoms with Crippen molar-refractivity contribution in [3.8, 4) is 0 Å². The van der Waals surface area contributed by atoms with Crippen LogP contribution in [0.3, 0.4) is 0 Å². The van der Waals surface area contributed by atoms with Crippen molar-refractivity contribution in [3.05, 3.63) is 63.1 Å². The van der Waals surface area contributed by atoms with Crippen LogP contribution in [0.15, 0.2) is 46.9 Å². The van der Waals surface area contributed by atoms with Gasteiger partial charge in [-0.05, 0) is 29.8 Å². The molecule has 0 saturated carbocycles. The smallest absolute Gasteiger partial charge is 0.380 e. The molecule has 0 atom stereocenters. The molecule has 0 heterocycles. The highest BCUT2D eigenvalue weighted by atomic mass is 79.9. The highest BCUT2D eigenvalue weighted by Gasteiger charge is 2.33. The molecule has 1 nitrogen and oxygen atoms in total. The van der Waals surface area contributed by atoms with Gasteiger partial charge in [-0.15, -0.1) is 0 Å². The first kappa shape index (κ1) is 15.2. The Morgan fingerprint density at radius 3 is 2.45 bits per heavy atom. The maximum Gasteiger partial charge on any atom is 0.418 e. The molecule has 0 radical (unpaired) electrons. The van der Waals surface area contributed by atoms with Gasteiger partial charge >= 0.3 is 6.18 Å². The number of alkyl halides is 3. The molecule has 0 aliphatic rings. The summed E-state index contributed by atoms with van der Waals surface area (Å²) in [4.78, 5) is 0. The molecule has 2 aromatic rings. The minimum absolute atomic E-state index is 0.0573. The monoisotopic (exact) mass is 363 g/mol. The van der Waals surface area contributed by atoms with Gasteiger partial charge in [0.05, 0.1) is 5.56 Å². The fourth-order valence-electron chi connectivity index (χ4n) is 1.74. The van der Waals surface area contributed by atoms with Crippen LogP contribution in [0, 0.1) is 0 Å². The zero-order valence-corrected chi connectivity index (χ0v) is 12.5. The average molecular weight is 365 g/mol. The predicted octanol–water partition coefficient (Wildman–Crippen LogP) is 5.73. The molecule has 2 rings (SSSR count). The summed E-state index contributed by atoms with van der Waals surface area (Å²) in [6.07, 6.45) is -4.37. The second kappa shape index (κ2) is 6.06. The van der Waals surface area contributed by atoms with E-state index < -0.39 is 11.7 Å². The third-order valence-corrected chi connectivity index (χ3v) is 3.69. The summed E-state index contributed by atoms with van der Waals surface area (Å²) in [5.74, 6) is 0. The number of nitrogens with one attached hydrogen (secondary N) is 1.